The van der Waals surface area contributed by atoms with Crippen molar-refractivity contribution in [1.29, 1.82) is 0 Å². The lowest BCUT2D eigenvalue weighted by atomic mass is 10.0. The summed E-state index contributed by atoms with van der Waals surface area (Å²) in [5, 5.41) is 24.6. The lowest BCUT2D eigenvalue weighted by Crippen LogP contribution is -2.53. The van der Waals surface area contributed by atoms with E-state index in [0.29, 0.717) is 16.6 Å². The average molecular weight is 328 g/mol. The number of pyridine rings is 1. The smallest absolute Gasteiger partial charge is 0.312 e. The van der Waals surface area contributed by atoms with E-state index in [9.17, 15) is 15.3 Å². The van der Waals surface area contributed by atoms with Crippen LogP contribution in [-0.4, -0.2) is 35.6 Å². The van der Waals surface area contributed by atoms with E-state index < -0.39 is 0 Å². The Balaban J connectivity index is 1.93. The molecular weight excluding hydrogens is 308 g/mol. The molecule has 0 N–H and O–H groups in total. The van der Waals surface area contributed by atoms with Crippen molar-refractivity contribution in [3.8, 4) is 0 Å². The molecule has 2 aliphatic rings. The summed E-state index contributed by atoms with van der Waals surface area (Å²) in [6.45, 7) is 2.03. The molecule has 126 valence electrons. The van der Waals surface area contributed by atoms with E-state index in [0.717, 1.165) is 43.5 Å². The van der Waals surface area contributed by atoms with Crippen molar-refractivity contribution in [2.75, 3.05) is 25.0 Å². The second kappa shape index (κ2) is 5.31. The fourth-order valence-corrected chi connectivity index (χ4v) is 4.53. The first kappa shape index (κ1) is 15.1. The van der Waals surface area contributed by atoms with Crippen molar-refractivity contribution < 1.29 is 9.65 Å². The van der Waals surface area contributed by atoms with Crippen LogP contribution in [0.2, 0.25) is 0 Å². The van der Waals surface area contributed by atoms with Crippen LogP contribution in [0.25, 0.3) is 10.9 Å². The van der Waals surface area contributed by atoms with Gasteiger partial charge in [0, 0.05) is 26.2 Å². The quantitative estimate of drug-likeness (QED) is 0.374. The first-order chi connectivity index (χ1) is 11.5. The number of para-hydroxylation sites is 1. The Labute approximate surface area is 139 Å². The molecule has 0 unspecified atom stereocenters. The van der Waals surface area contributed by atoms with Gasteiger partial charge in [-0.3, -0.25) is 15.0 Å². The Morgan fingerprint density at radius 1 is 1.25 bits per heavy atom. The topological polar surface area (TPSA) is 76.6 Å². The van der Waals surface area contributed by atoms with Crippen LogP contribution >= 0.6 is 0 Å². The summed E-state index contributed by atoms with van der Waals surface area (Å²) in [6, 6.07) is 6.72. The Kier molecular flexibility index (Phi) is 3.35. The van der Waals surface area contributed by atoms with Gasteiger partial charge in [0.05, 0.1) is 10.6 Å². The highest BCUT2D eigenvalue weighted by atomic mass is 16.6. The summed E-state index contributed by atoms with van der Waals surface area (Å²) < 4.78 is 0.749. The number of aromatic nitrogens is 1. The van der Waals surface area contributed by atoms with E-state index in [1.54, 1.807) is 24.3 Å². The van der Waals surface area contributed by atoms with E-state index in [4.69, 9.17) is 0 Å². The largest absolute Gasteiger partial charge is 0.618 e. The van der Waals surface area contributed by atoms with Gasteiger partial charge < -0.3 is 10.1 Å². The number of rotatable bonds is 3. The van der Waals surface area contributed by atoms with Gasteiger partial charge in [0.25, 0.3) is 0 Å². The van der Waals surface area contributed by atoms with E-state index >= 15 is 0 Å². The summed E-state index contributed by atoms with van der Waals surface area (Å²) in [4.78, 5) is 15.8. The Bertz CT molecular complexity index is 813. The van der Waals surface area contributed by atoms with Crippen molar-refractivity contribution in [3.63, 3.8) is 0 Å². The van der Waals surface area contributed by atoms with Gasteiger partial charge in [-0.2, -0.15) is 4.73 Å². The molecule has 0 bridgehead atoms. The first-order valence-corrected chi connectivity index (χ1v) is 8.33. The van der Waals surface area contributed by atoms with Crippen LogP contribution in [0.1, 0.15) is 25.7 Å². The lowest BCUT2D eigenvalue weighted by molar-refractivity contribution is -0.576. The molecule has 0 amide bonds. The van der Waals surface area contributed by atoms with Crippen LogP contribution in [0.15, 0.2) is 30.5 Å². The molecule has 0 aliphatic carbocycles. The Morgan fingerprint density at radius 2 is 1.92 bits per heavy atom. The molecule has 3 heterocycles. The highest BCUT2D eigenvalue weighted by Crippen LogP contribution is 2.45. The molecule has 2 aromatic rings. The van der Waals surface area contributed by atoms with Crippen molar-refractivity contribution >= 4 is 22.3 Å². The fourth-order valence-electron chi connectivity index (χ4n) is 4.53. The molecule has 2 saturated heterocycles. The molecule has 2 aliphatic heterocycles. The third-order valence-corrected chi connectivity index (χ3v) is 5.65. The molecule has 0 atom stereocenters. The summed E-state index contributed by atoms with van der Waals surface area (Å²) in [7, 11) is 1.89. The zero-order chi connectivity index (χ0) is 16.9. The maximum Gasteiger partial charge on any atom is 0.312 e. The molecule has 0 spiro atoms. The number of hydrogen-bond donors (Lipinski definition) is 0. The van der Waals surface area contributed by atoms with Crippen LogP contribution in [0, 0.1) is 15.3 Å². The van der Waals surface area contributed by atoms with E-state index in [2.05, 4.69) is 4.90 Å². The van der Waals surface area contributed by atoms with Crippen LogP contribution in [0.4, 0.5) is 11.4 Å². The second-order valence-electron chi connectivity index (χ2n) is 6.70. The number of anilines is 1. The predicted octanol–water partition coefficient (Wildman–Crippen LogP) is 2.40. The minimum absolute atomic E-state index is 0.0216. The fraction of sp³-hybridized carbons (Fsp3) is 0.471. The monoisotopic (exact) mass is 328 g/mol. The summed E-state index contributed by atoms with van der Waals surface area (Å²) >= 11 is 0. The van der Waals surface area contributed by atoms with E-state index in [-0.39, 0.29) is 16.3 Å². The van der Waals surface area contributed by atoms with Crippen LogP contribution in [0.5, 0.6) is 0 Å². The van der Waals surface area contributed by atoms with Gasteiger partial charge in [-0.05, 0) is 31.7 Å². The zero-order valence-electron chi connectivity index (χ0n) is 13.6. The lowest BCUT2D eigenvalue weighted by Gasteiger charge is -2.41. The maximum absolute atomic E-state index is 12.4. The van der Waals surface area contributed by atoms with Crippen LogP contribution in [0.3, 0.4) is 0 Å². The molecule has 4 rings (SSSR count). The number of hydrogen-bond acceptors (Lipinski definition) is 5. The third kappa shape index (κ3) is 1.97. The SMILES string of the molecule is CN(c1c[n+]([O-])c2ccccc2c1[N+](=O)[O-])C12CCCN1CCC2. The third-order valence-electron chi connectivity index (χ3n) is 5.65. The van der Waals surface area contributed by atoms with Gasteiger partial charge in [-0.25, -0.2) is 0 Å². The molecule has 1 aromatic heterocycles. The Hall–Kier alpha value is -2.41. The zero-order valence-corrected chi connectivity index (χ0v) is 13.6. The van der Waals surface area contributed by atoms with Gasteiger partial charge in [0.2, 0.25) is 11.7 Å². The molecule has 7 heteroatoms. The summed E-state index contributed by atoms with van der Waals surface area (Å²) in [6.07, 6.45) is 5.49. The molecule has 1 aromatic carbocycles. The van der Waals surface area contributed by atoms with Gasteiger partial charge in [0.1, 0.15) is 5.39 Å². The van der Waals surface area contributed by atoms with Crippen molar-refractivity contribution in [2.45, 2.75) is 31.3 Å². The summed E-state index contributed by atoms with van der Waals surface area (Å²) in [5.74, 6) is 0. The standard InChI is InChI=1S/C17H20N4O3/c1-18(17-8-4-10-19(17)11-5-9-17)15-12-20(22)14-7-3-2-6-13(14)16(15)21(23)24/h2-3,6-7,12H,4-5,8-11H2,1H3. The van der Waals surface area contributed by atoms with Crippen molar-refractivity contribution in [3.05, 3.63) is 45.8 Å². The van der Waals surface area contributed by atoms with Crippen molar-refractivity contribution in [1.82, 2.24) is 4.90 Å². The maximum atomic E-state index is 12.4. The molecule has 0 radical (unpaired) electrons. The molecule has 0 saturated carbocycles. The minimum atomic E-state index is -0.362. The number of nitrogens with zero attached hydrogens (tertiary/aromatic N) is 4. The number of nitro groups is 1. The second-order valence-corrected chi connectivity index (χ2v) is 6.70. The molecule has 2 fully saturated rings. The number of fused-ring (bicyclic) bond motifs is 2. The normalized spacial score (nSPS) is 19.5. The van der Waals surface area contributed by atoms with E-state index in [1.165, 1.54) is 6.20 Å². The minimum Gasteiger partial charge on any atom is -0.618 e. The van der Waals surface area contributed by atoms with Crippen LogP contribution in [-0.2, 0) is 0 Å². The number of benzene rings is 1. The predicted molar refractivity (Wildman–Crippen MR) is 90.7 cm³/mol. The van der Waals surface area contributed by atoms with Gasteiger partial charge in [0.15, 0.2) is 5.69 Å². The van der Waals surface area contributed by atoms with Gasteiger partial charge in [-0.15, -0.1) is 0 Å². The molecule has 24 heavy (non-hydrogen) atoms. The molecule has 7 nitrogen and oxygen atoms in total. The molecular formula is C17H20N4O3. The van der Waals surface area contributed by atoms with Gasteiger partial charge >= 0.3 is 5.69 Å². The van der Waals surface area contributed by atoms with Gasteiger partial charge in [-0.1, -0.05) is 12.1 Å². The van der Waals surface area contributed by atoms with Crippen molar-refractivity contribution in [2.24, 2.45) is 0 Å². The summed E-state index contributed by atoms with van der Waals surface area (Å²) in [5.41, 5.74) is 0.560. The Morgan fingerprint density at radius 3 is 2.58 bits per heavy atom. The highest BCUT2D eigenvalue weighted by Gasteiger charge is 2.49. The van der Waals surface area contributed by atoms with E-state index in [1.807, 2.05) is 11.9 Å². The average Bonchev–Trinajstić information content (AvgIpc) is 3.14. The van der Waals surface area contributed by atoms with Crippen LogP contribution < -0.4 is 9.63 Å². The highest BCUT2D eigenvalue weighted by molar-refractivity contribution is 5.91. The first-order valence-electron chi connectivity index (χ1n) is 8.33.